The minimum absolute atomic E-state index is 0.0466. The van der Waals surface area contributed by atoms with E-state index < -0.39 is 10.0 Å². The summed E-state index contributed by atoms with van der Waals surface area (Å²) in [5.41, 5.74) is 0.229. The smallest absolute Gasteiger partial charge is 0.243 e. The number of carbonyl (C=O) groups excluding carboxylic acids is 1. The molecule has 0 unspecified atom stereocenters. The minimum atomic E-state index is -3.68. The zero-order chi connectivity index (χ0) is 19.4. The van der Waals surface area contributed by atoms with E-state index in [0.717, 1.165) is 11.8 Å². The Morgan fingerprint density at radius 2 is 2.11 bits per heavy atom. The molecule has 1 aliphatic heterocycles. The van der Waals surface area contributed by atoms with Crippen molar-refractivity contribution in [1.82, 2.24) is 24.5 Å². The molecule has 0 atom stereocenters. The first-order chi connectivity index (χ1) is 12.9. The zero-order valence-corrected chi connectivity index (χ0v) is 16.7. The number of tetrazole rings is 1. The van der Waals surface area contributed by atoms with Crippen molar-refractivity contribution in [2.45, 2.75) is 10.1 Å². The number of ether oxygens (including phenoxy) is 1. The Hall–Kier alpha value is -1.73. The molecule has 1 aromatic heterocycles. The highest BCUT2D eigenvalue weighted by atomic mass is 35.5. The summed E-state index contributed by atoms with van der Waals surface area (Å²) in [6.07, 6.45) is 0. The van der Waals surface area contributed by atoms with Gasteiger partial charge in [-0.15, -0.1) is 5.10 Å². The molecule has 146 valence electrons. The number of anilines is 1. The molecule has 0 bridgehead atoms. The lowest BCUT2D eigenvalue weighted by Gasteiger charge is -2.26. The number of sulfonamides is 1. The number of halogens is 1. The topological polar surface area (TPSA) is 119 Å². The van der Waals surface area contributed by atoms with Crippen molar-refractivity contribution in [2.75, 3.05) is 37.4 Å². The van der Waals surface area contributed by atoms with Gasteiger partial charge in [-0.25, -0.2) is 13.1 Å². The van der Waals surface area contributed by atoms with Gasteiger partial charge in [0.15, 0.2) is 0 Å². The Kier molecular flexibility index (Phi) is 6.32. The van der Waals surface area contributed by atoms with Crippen LogP contribution in [0, 0.1) is 0 Å². The van der Waals surface area contributed by atoms with Gasteiger partial charge < -0.3 is 10.1 Å². The van der Waals surface area contributed by atoms with Gasteiger partial charge in [0.05, 0.1) is 34.6 Å². The van der Waals surface area contributed by atoms with Crippen molar-refractivity contribution in [1.29, 1.82) is 0 Å². The maximum atomic E-state index is 12.7. The normalized spacial score (nSPS) is 15.6. The number of morpholine rings is 1. The van der Waals surface area contributed by atoms with E-state index in [-0.39, 0.29) is 40.4 Å². The van der Waals surface area contributed by atoms with Crippen LogP contribution in [0.1, 0.15) is 0 Å². The number of benzene rings is 1. The molecule has 10 nitrogen and oxygen atoms in total. The summed E-state index contributed by atoms with van der Waals surface area (Å²) in [7, 11) is -2.02. The first kappa shape index (κ1) is 20.0. The summed E-state index contributed by atoms with van der Waals surface area (Å²) in [4.78, 5) is 12.3. The number of aromatic nitrogens is 4. The first-order valence-corrected chi connectivity index (χ1v) is 10.7. The van der Waals surface area contributed by atoms with Gasteiger partial charge in [0.25, 0.3) is 0 Å². The molecule has 1 saturated heterocycles. The Bertz CT molecular complexity index is 929. The van der Waals surface area contributed by atoms with Crippen LogP contribution in [0.4, 0.5) is 5.69 Å². The highest BCUT2D eigenvalue weighted by Crippen LogP contribution is 2.27. The number of nitrogens with one attached hydrogen (secondary N) is 1. The predicted octanol–water partition coefficient (Wildman–Crippen LogP) is 0.615. The number of aryl methyl sites for hydroxylation is 1. The number of rotatable bonds is 6. The van der Waals surface area contributed by atoms with Gasteiger partial charge in [-0.2, -0.15) is 4.31 Å². The molecule has 3 rings (SSSR count). The van der Waals surface area contributed by atoms with Crippen LogP contribution >= 0.6 is 23.4 Å². The van der Waals surface area contributed by atoms with Crippen LogP contribution in [0.25, 0.3) is 0 Å². The summed E-state index contributed by atoms with van der Waals surface area (Å²) < 4.78 is 33.5. The van der Waals surface area contributed by atoms with E-state index in [4.69, 9.17) is 16.3 Å². The number of amides is 1. The molecule has 0 radical (unpaired) electrons. The second-order valence-corrected chi connectivity index (χ2v) is 8.87. The zero-order valence-electron chi connectivity index (χ0n) is 14.3. The van der Waals surface area contributed by atoms with E-state index in [1.165, 1.54) is 27.2 Å². The van der Waals surface area contributed by atoms with E-state index >= 15 is 0 Å². The largest absolute Gasteiger partial charge is 0.379 e. The average molecular weight is 433 g/mol. The molecule has 13 heteroatoms. The van der Waals surface area contributed by atoms with E-state index in [2.05, 4.69) is 20.8 Å². The fraction of sp³-hybridized carbons (Fsp3) is 0.429. The standard InChI is InChI=1S/C14H17ClN6O4S2/c1-20-14(17-18-19-20)26-9-13(22)16-12-8-10(2-3-11(12)15)27(23,24)21-4-6-25-7-5-21/h2-3,8H,4-7,9H2,1H3,(H,16,22). The van der Waals surface area contributed by atoms with Crippen LogP contribution < -0.4 is 5.32 Å². The van der Waals surface area contributed by atoms with Crippen molar-refractivity contribution in [3.8, 4) is 0 Å². The molecule has 2 heterocycles. The highest BCUT2D eigenvalue weighted by molar-refractivity contribution is 7.99. The Labute approximate surface area is 165 Å². The molecule has 0 saturated carbocycles. The molecule has 1 N–H and O–H groups in total. The van der Waals surface area contributed by atoms with Gasteiger partial charge in [0.2, 0.25) is 21.1 Å². The van der Waals surface area contributed by atoms with E-state index in [1.807, 2.05) is 0 Å². The van der Waals surface area contributed by atoms with Crippen LogP contribution in [0.2, 0.25) is 5.02 Å². The number of thioether (sulfide) groups is 1. The highest BCUT2D eigenvalue weighted by Gasteiger charge is 2.27. The Balaban J connectivity index is 1.71. The molecule has 1 aliphatic rings. The van der Waals surface area contributed by atoms with Crippen LogP contribution in [0.5, 0.6) is 0 Å². The lowest BCUT2D eigenvalue weighted by molar-refractivity contribution is -0.113. The molecule has 0 spiro atoms. The molecule has 27 heavy (non-hydrogen) atoms. The van der Waals surface area contributed by atoms with E-state index in [0.29, 0.717) is 18.4 Å². The predicted molar refractivity (Wildman–Crippen MR) is 99.2 cm³/mol. The maximum Gasteiger partial charge on any atom is 0.243 e. The molecule has 0 aliphatic carbocycles. The molecular weight excluding hydrogens is 416 g/mol. The van der Waals surface area contributed by atoms with Crippen LogP contribution in [0.15, 0.2) is 28.3 Å². The van der Waals surface area contributed by atoms with Gasteiger partial charge in [0.1, 0.15) is 0 Å². The number of nitrogens with zero attached hydrogens (tertiary/aromatic N) is 5. The lowest BCUT2D eigenvalue weighted by atomic mass is 10.3. The number of hydrogen-bond donors (Lipinski definition) is 1. The number of hydrogen-bond acceptors (Lipinski definition) is 8. The van der Waals surface area contributed by atoms with Gasteiger partial charge in [-0.3, -0.25) is 4.79 Å². The van der Waals surface area contributed by atoms with Crippen molar-refractivity contribution in [2.24, 2.45) is 7.05 Å². The van der Waals surface area contributed by atoms with E-state index in [1.54, 1.807) is 7.05 Å². The fourth-order valence-electron chi connectivity index (χ4n) is 2.36. The van der Waals surface area contributed by atoms with Crippen molar-refractivity contribution < 1.29 is 17.9 Å². The maximum absolute atomic E-state index is 12.7. The SMILES string of the molecule is Cn1nnnc1SCC(=O)Nc1cc(S(=O)(=O)N2CCOCC2)ccc1Cl. The van der Waals surface area contributed by atoms with Crippen LogP contribution in [-0.2, 0) is 26.6 Å². The van der Waals surface area contributed by atoms with Crippen molar-refractivity contribution in [3.63, 3.8) is 0 Å². The second-order valence-electron chi connectivity index (χ2n) is 5.58. The summed E-state index contributed by atoms with van der Waals surface area (Å²) in [6, 6.07) is 4.23. The monoisotopic (exact) mass is 432 g/mol. The Morgan fingerprint density at radius 1 is 1.37 bits per heavy atom. The third-order valence-corrected chi connectivity index (χ3v) is 6.97. The third-order valence-electron chi connectivity index (χ3n) is 3.73. The molecule has 2 aromatic rings. The van der Waals surface area contributed by atoms with Crippen molar-refractivity contribution in [3.05, 3.63) is 23.2 Å². The van der Waals surface area contributed by atoms with Gasteiger partial charge in [0, 0.05) is 20.1 Å². The quantitative estimate of drug-likeness (QED) is 0.659. The average Bonchev–Trinajstić information content (AvgIpc) is 3.07. The van der Waals surface area contributed by atoms with Crippen LogP contribution in [-0.4, -0.2) is 70.9 Å². The van der Waals surface area contributed by atoms with E-state index in [9.17, 15) is 13.2 Å². The molecular formula is C14H17ClN6O4S2. The third kappa shape index (κ3) is 4.76. The Morgan fingerprint density at radius 3 is 2.78 bits per heavy atom. The van der Waals surface area contributed by atoms with Crippen molar-refractivity contribution >= 4 is 45.0 Å². The summed E-state index contributed by atoms with van der Waals surface area (Å²) in [6.45, 7) is 1.28. The first-order valence-electron chi connectivity index (χ1n) is 7.90. The molecule has 1 fully saturated rings. The minimum Gasteiger partial charge on any atom is -0.379 e. The summed E-state index contributed by atoms with van der Waals surface area (Å²) >= 11 is 7.27. The van der Waals surface area contributed by atoms with Gasteiger partial charge >= 0.3 is 0 Å². The second kappa shape index (κ2) is 8.52. The molecule has 1 aromatic carbocycles. The number of carbonyl (C=O) groups is 1. The summed E-state index contributed by atoms with van der Waals surface area (Å²) in [5.74, 6) is -0.309. The van der Waals surface area contributed by atoms with Gasteiger partial charge in [-0.05, 0) is 28.6 Å². The fourth-order valence-corrected chi connectivity index (χ4v) is 4.61. The lowest BCUT2D eigenvalue weighted by Crippen LogP contribution is -2.40. The summed E-state index contributed by atoms with van der Waals surface area (Å²) in [5, 5.41) is 14.3. The molecule has 1 amide bonds. The van der Waals surface area contributed by atoms with Crippen LogP contribution in [0.3, 0.4) is 0 Å². The van der Waals surface area contributed by atoms with Gasteiger partial charge in [-0.1, -0.05) is 23.4 Å².